The first-order valence-corrected chi connectivity index (χ1v) is 6.04. The molecule has 0 heterocycles. The Bertz CT molecular complexity index is 473. The Balaban J connectivity index is 2.83. The highest BCUT2D eigenvalue weighted by molar-refractivity contribution is 5.98. The fourth-order valence-electron chi connectivity index (χ4n) is 1.28. The van der Waals surface area contributed by atoms with Gasteiger partial charge >= 0.3 is 6.18 Å². The molecule has 7 heteroatoms. The Morgan fingerprint density at radius 3 is 2.50 bits per heavy atom. The van der Waals surface area contributed by atoms with Gasteiger partial charge in [0.25, 0.3) is 0 Å². The minimum absolute atomic E-state index is 0.0509. The van der Waals surface area contributed by atoms with Gasteiger partial charge in [-0.05, 0) is 25.5 Å². The van der Waals surface area contributed by atoms with Crippen LogP contribution in [0.1, 0.15) is 20.3 Å². The number of hydrogen-bond acceptors (Lipinski definition) is 3. The summed E-state index contributed by atoms with van der Waals surface area (Å²) in [4.78, 5) is 11.9. The number of carbonyl (C=O) groups excluding carboxylic acids is 1. The molecule has 0 bridgehead atoms. The first-order valence-electron chi connectivity index (χ1n) is 6.04. The molecule has 0 radical (unpaired) electrons. The van der Waals surface area contributed by atoms with Gasteiger partial charge < -0.3 is 15.8 Å². The van der Waals surface area contributed by atoms with Crippen LogP contribution in [0, 0.1) is 0 Å². The molecule has 0 aliphatic rings. The van der Waals surface area contributed by atoms with Crippen LogP contribution in [-0.4, -0.2) is 24.2 Å². The highest BCUT2D eigenvalue weighted by Crippen LogP contribution is 2.27. The van der Waals surface area contributed by atoms with E-state index in [2.05, 4.69) is 10.1 Å². The summed E-state index contributed by atoms with van der Waals surface area (Å²) in [5.41, 5.74) is 4.83. The van der Waals surface area contributed by atoms with E-state index in [9.17, 15) is 18.0 Å². The number of benzene rings is 1. The Labute approximate surface area is 115 Å². The van der Waals surface area contributed by atoms with Gasteiger partial charge in [-0.2, -0.15) is 13.2 Å². The summed E-state index contributed by atoms with van der Waals surface area (Å²) >= 11 is 0. The summed E-state index contributed by atoms with van der Waals surface area (Å²) in [6.07, 6.45) is -4.05. The Kier molecular flexibility index (Phi) is 4.99. The maximum atomic E-state index is 12.1. The lowest BCUT2D eigenvalue weighted by molar-refractivity contribution is -0.153. The number of nitrogens with one attached hydrogen (secondary N) is 1. The van der Waals surface area contributed by atoms with E-state index < -0.39 is 24.2 Å². The molecule has 1 atom stereocenters. The quantitative estimate of drug-likeness (QED) is 0.876. The van der Waals surface area contributed by atoms with E-state index in [1.807, 2.05) is 0 Å². The van der Waals surface area contributed by atoms with Crippen molar-refractivity contribution in [3.05, 3.63) is 24.3 Å². The first-order chi connectivity index (χ1) is 9.15. The summed E-state index contributed by atoms with van der Waals surface area (Å²) in [7, 11) is 0. The van der Waals surface area contributed by atoms with Crippen molar-refractivity contribution in [2.45, 2.75) is 32.0 Å². The Morgan fingerprint density at radius 2 is 1.95 bits per heavy atom. The summed E-state index contributed by atoms with van der Waals surface area (Å²) in [6.45, 7) is 1.86. The topological polar surface area (TPSA) is 64.4 Å². The number of anilines is 1. The molecule has 0 aromatic heterocycles. The minimum atomic E-state index is -4.44. The third-order valence-electron chi connectivity index (χ3n) is 2.78. The van der Waals surface area contributed by atoms with Gasteiger partial charge in [0, 0.05) is 0 Å². The van der Waals surface area contributed by atoms with E-state index in [-0.39, 0.29) is 11.4 Å². The van der Waals surface area contributed by atoms with Crippen LogP contribution < -0.4 is 15.8 Å². The van der Waals surface area contributed by atoms with E-state index in [4.69, 9.17) is 5.73 Å². The van der Waals surface area contributed by atoms with Crippen molar-refractivity contribution in [2.24, 2.45) is 5.73 Å². The van der Waals surface area contributed by atoms with Gasteiger partial charge in [0.1, 0.15) is 5.75 Å². The molecule has 1 aromatic rings. The molecule has 0 saturated carbocycles. The van der Waals surface area contributed by atoms with Crippen molar-refractivity contribution in [3.8, 4) is 5.75 Å². The van der Waals surface area contributed by atoms with Gasteiger partial charge in [-0.25, -0.2) is 0 Å². The average Bonchev–Trinajstić information content (AvgIpc) is 2.36. The lowest BCUT2D eigenvalue weighted by Gasteiger charge is -2.22. The predicted octanol–water partition coefficient (Wildman–Crippen LogP) is 2.69. The van der Waals surface area contributed by atoms with E-state index in [1.54, 1.807) is 19.9 Å². The Morgan fingerprint density at radius 1 is 1.35 bits per heavy atom. The maximum Gasteiger partial charge on any atom is 0.422 e. The lowest BCUT2D eigenvalue weighted by atomic mass is 9.99. The lowest BCUT2D eigenvalue weighted by Crippen LogP contribution is -2.47. The van der Waals surface area contributed by atoms with Crippen molar-refractivity contribution in [1.29, 1.82) is 0 Å². The molecule has 1 aromatic carbocycles. The maximum absolute atomic E-state index is 12.1. The largest absolute Gasteiger partial charge is 0.482 e. The average molecular weight is 290 g/mol. The van der Waals surface area contributed by atoms with E-state index >= 15 is 0 Å². The molecular formula is C13H17F3N2O2. The number of halogens is 3. The number of amides is 1. The zero-order valence-electron chi connectivity index (χ0n) is 11.3. The van der Waals surface area contributed by atoms with Crippen LogP contribution in [0.15, 0.2) is 24.3 Å². The fourth-order valence-corrected chi connectivity index (χ4v) is 1.28. The van der Waals surface area contributed by atoms with E-state index in [0.29, 0.717) is 6.42 Å². The molecule has 112 valence electrons. The molecule has 0 aliphatic heterocycles. The second-order valence-corrected chi connectivity index (χ2v) is 4.63. The summed E-state index contributed by atoms with van der Waals surface area (Å²) in [6, 6.07) is 5.90. The molecule has 0 saturated heterocycles. The molecular weight excluding hydrogens is 273 g/mol. The zero-order chi connectivity index (χ0) is 15.4. The molecule has 1 rings (SSSR count). The summed E-state index contributed by atoms with van der Waals surface area (Å²) in [5, 5.41) is 2.48. The number of carbonyl (C=O) groups is 1. The van der Waals surface area contributed by atoms with E-state index in [1.165, 1.54) is 18.2 Å². The van der Waals surface area contributed by atoms with Crippen LogP contribution in [0.5, 0.6) is 5.75 Å². The molecule has 4 nitrogen and oxygen atoms in total. The van der Waals surface area contributed by atoms with Crippen molar-refractivity contribution in [1.82, 2.24) is 0 Å². The zero-order valence-corrected chi connectivity index (χ0v) is 11.3. The number of nitrogens with two attached hydrogens (primary N) is 1. The van der Waals surface area contributed by atoms with Gasteiger partial charge in [-0.3, -0.25) is 4.79 Å². The number of alkyl halides is 3. The number of hydrogen-bond donors (Lipinski definition) is 2. The molecule has 1 amide bonds. The summed E-state index contributed by atoms with van der Waals surface area (Å²) in [5.74, 6) is -0.534. The molecule has 3 N–H and O–H groups in total. The highest BCUT2D eigenvalue weighted by atomic mass is 19.4. The van der Waals surface area contributed by atoms with Crippen molar-refractivity contribution >= 4 is 11.6 Å². The van der Waals surface area contributed by atoms with Crippen molar-refractivity contribution in [3.63, 3.8) is 0 Å². The van der Waals surface area contributed by atoms with E-state index in [0.717, 1.165) is 0 Å². The van der Waals surface area contributed by atoms with Crippen LogP contribution in [0.2, 0.25) is 0 Å². The number of ether oxygens (including phenoxy) is 1. The minimum Gasteiger partial charge on any atom is -0.482 e. The first kappa shape index (κ1) is 16.3. The normalized spacial score (nSPS) is 14.5. The third kappa shape index (κ3) is 4.73. The molecule has 0 spiro atoms. The molecule has 0 aliphatic carbocycles. The van der Waals surface area contributed by atoms with Gasteiger partial charge in [0.2, 0.25) is 5.91 Å². The van der Waals surface area contributed by atoms with Crippen molar-refractivity contribution in [2.75, 3.05) is 11.9 Å². The van der Waals surface area contributed by atoms with Crippen LogP contribution in [-0.2, 0) is 4.79 Å². The molecule has 20 heavy (non-hydrogen) atoms. The van der Waals surface area contributed by atoms with Crippen LogP contribution >= 0.6 is 0 Å². The summed E-state index contributed by atoms with van der Waals surface area (Å²) < 4.78 is 41.1. The smallest absolute Gasteiger partial charge is 0.422 e. The monoisotopic (exact) mass is 290 g/mol. The SMILES string of the molecule is CCC(C)(N)C(=O)Nc1ccccc1OCC(F)(F)F. The second kappa shape index (κ2) is 6.13. The van der Waals surface area contributed by atoms with Crippen molar-refractivity contribution < 1.29 is 22.7 Å². The number of para-hydroxylation sites is 2. The molecule has 1 unspecified atom stereocenters. The second-order valence-electron chi connectivity index (χ2n) is 4.63. The van der Waals surface area contributed by atoms with Crippen LogP contribution in [0.4, 0.5) is 18.9 Å². The molecule has 0 fully saturated rings. The highest BCUT2D eigenvalue weighted by Gasteiger charge is 2.30. The Hall–Kier alpha value is -1.76. The van der Waals surface area contributed by atoms with Crippen LogP contribution in [0.3, 0.4) is 0 Å². The third-order valence-corrected chi connectivity index (χ3v) is 2.78. The standard InChI is InChI=1S/C13H17F3N2O2/c1-3-12(2,17)11(19)18-9-6-4-5-7-10(9)20-8-13(14,15)16/h4-7H,3,8,17H2,1-2H3,(H,18,19). The predicted molar refractivity (Wildman–Crippen MR) is 69.5 cm³/mol. The van der Waals surface area contributed by atoms with Gasteiger partial charge in [0.05, 0.1) is 11.2 Å². The van der Waals surface area contributed by atoms with Crippen LogP contribution in [0.25, 0.3) is 0 Å². The van der Waals surface area contributed by atoms with Gasteiger partial charge in [0.15, 0.2) is 6.61 Å². The van der Waals surface area contributed by atoms with Gasteiger partial charge in [-0.1, -0.05) is 19.1 Å². The fraction of sp³-hybridized carbons (Fsp3) is 0.462. The van der Waals surface area contributed by atoms with Gasteiger partial charge in [-0.15, -0.1) is 0 Å². The number of rotatable bonds is 5.